The van der Waals surface area contributed by atoms with E-state index in [1.54, 1.807) is 24.4 Å². The first-order valence-corrected chi connectivity index (χ1v) is 5.53. The van der Waals surface area contributed by atoms with Crippen molar-refractivity contribution in [3.8, 4) is 5.69 Å². The van der Waals surface area contributed by atoms with Gasteiger partial charge >= 0.3 is 0 Å². The third-order valence-electron chi connectivity index (χ3n) is 2.31. The van der Waals surface area contributed by atoms with Crippen molar-refractivity contribution in [1.82, 2.24) is 4.57 Å². The van der Waals surface area contributed by atoms with Crippen LogP contribution in [0.2, 0.25) is 0 Å². The average molecular weight is 263 g/mol. The lowest BCUT2D eigenvalue weighted by Gasteiger charge is -2.09. The van der Waals surface area contributed by atoms with Gasteiger partial charge in [-0.3, -0.25) is 9.36 Å². The Bertz CT molecular complexity index is 654. The Morgan fingerprint density at radius 1 is 1.33 bits per heavy atom. The monoisotopic (exact) mass is 263 g/mol. The standard InChI is InChI=1S/C12H10FN3OS/c13-9-7-8(4-5-10(9)15-12(14)18)16-6-2-1-3-11(16)17/h1-7H,(H3,14,15,18). The number of rotatable bonds is 2. The minimum atomic E-state index is -0.531. The van der Waals surface area contributed by atoms with Gasteiger partial charge in [0, 0.05) is 18.3 Å². The number of nitrogens with one attached hydrogen (secondary N) is 1. The van der Waals surface area contributed by atoms with Gasteiger partial charge in [-0.1, -0.05) is 6.07 Å². The van der Waals surface area contributed by atoms with E-state index in [2.05, 4.69) is 17.5 Å². The molecule has 1 heterocycles. The zero-order chi connectivity index (χ0) is 13.1. The second-order valence-electron chi connectivity index (χ2n) is 3.56. The van der Waals surface area contributed by atoms with E-state index in [1.165, 1.54) is 22.8 Å². The van der Waals surface area contributed by atoms with Crippen LogP contribution < -0.4 is 16.6 Å². The van der Waals surface area contributed by atoms with E-state index in [1.807, 2.05) is 0 Å². The van der Waals surface area contributed by atoms with Gasteiger partial charge in [0.05, 0.1) is 11.4 Å². The van der Waals surface area contributed by atoms with E-state index in [0.29, 0.717) is 5.69 Å². The second kappa shape index (κ2) is 4.97. The van der Waals surface area contributed by atoms with Gasteiger partial charge in [0.25, 0.3) is 5.56 Å². The molecule has 3 N–H and O–H groups in total. The Morgan fingerprint density at radius 3 is 2.72 bits per heavy atom. The number of aromatic nitrogens is 1. The minimum absolute atomic E-state index is 0.0153. The highest BCUT2D eigenvalue weighted by Crippen LogP contribution is 2.17. The Hall–Kier alpha value is -2.21. The fraction of sp³-hybridized carbons (Fsp3) is 0. The molecule has 0 unspecified atom stereocenters. The summed E-state index contributed by atoms with van der Waals surface area (Å²) in [7, 11) is 0. The van der Waals surface area contributed by atoms with Crippen molar-refractivity contribution >= 4 is 23.0 Å². The van der Waals surface area contributed by atoms with Crippen molar-refractivity contribution in [3.63, 3.8) is 0 Å². The van der Waals surface area contributed by atoms with Crippen LogP contribution in [0.3, 0.4) is 0 Å². The molecular weight excluding hydrogens is 253 g/mol. The molecule has 2 aromatic rings. The van der Waals surface area contributed by atoms with Crippen LogP contribution in [-0.4, -0.2) is 9.68 Å². The lowest BCUT2D eigenvalue weighted by molar-refractivity contribution is 0.630. The van der Waals surface area contributed by atoms with Crippen LogP contribution in [0.5, 0.6) is 0 Å². The first-order valence-electron chi connectivity index (χ1n) is 5.12. The fourth-order valence-corrected chi connectivity index (χ4v) is 1.64. The van der Waals surface area contributed by atoms with Crippen molar-refractivity contribution < 1.29 is 4.39 Å². The van der Waals surface area contributed by atoms with E-state index in [9.17, 15) is 9.18 Å². The number of halogens is 1. The number of nitrogens with zero attached hydrogens (tertiary/aromatic N) is 1. The SMILES string of the molecule is NC(=S)Nc1ccc(-n2ccccc2=O)cc1F. The molecule has 92 valence electrons. The van der Waals surface area contributed by atoms with Gasteiger partial charge in [-0.2, -0.15) is 0 Å². The van der Waals surface area contributed by atoms with Crippen LogP contribution in [0.15, 0.2) is 47.4 Å². The number of thiocarbonyl (C=S) groups is 1. The van der Waals surface area contributed by atoms with E-state index >= 15 is 0 Å². The lowest BCUT2D eigenvalue weighted by atomic mass is 10.2. The molecule has 0 atom stereocenters. The first-order chi connectivity index (χ1) is 8.58. The highest BCUT2D eigenvalue weighted by molar-refractivity contribution is 7.80. The summed E-state index contributed by atoms with van der Waals surface area (Å²) in [6, 6.07) is 9.04. The van der Waals surface area contributed by atoms with Crippen LogP contribution in [0, 0.1) is 5.82 Å². The largest absolute Gasteiger partial charge is 0.376 e. The van der Waals surface area contributed by atoms with Crippen molar-refractivity contribution in [1.29, 1.82) is 0 Å². The maximum Gasteiger partial charge on any atom is 0.255 e. The van der Waals surface area contributed by atoms with E-state index in [-0.39, 0.29) is 16.4 Å². The van der Waals surface area contributed by atoms with Crippen LogP contribution in [0.25, 0.3) is 5.69 Å². The number of benzene rings is 1. The van der Waals surface area contributed by atoms with Crippen LogP contribution >= 0.6 is 12.2 Å². The van der Waals surface area contributed by atoms with E-state index in [4.69, 9.17) is 5.73 Å². The summed E-state index contributed by atoms with van der Waals surface area (Å²) in [6.07, 6.45) is 1.57. The third-order valence-corrected chi connectivity index (χ3v) is 2.41. The molecule has 1 aromatic carbocycles. The minimum Gasteiger partial charge on any atom is -0.376 e. The van der Waals surface area contributed by atoms with Gasteiger partial charge in [0.1, 0.15) is 5.82 Å². The van der Waals surface area contributed by atoms with E-state index < -0.39 is 5.82 Å². The van der Waals surface area contributed by atoms with Gasteiger partial charge in [-0.05, 0) is 30.4 Å². The Morgan fingerprint density at radius 2 is 2.11 bits per heavy atom. The number of hydrogen-bond donors (Lipinski definition) is 2. The molecule has 0 aliphatic heterocycles. The molecular formula is C12H10FN3OS. The summed E-state index contributed by atoms with van der Waals surface area (Å²) in [6.45, 7) is 0. The Labute approximate surface area is 108 Å². The normalized spacial score (nSPS) is 10.1. The third kappa shape index (κ3) is 2.54. The summed E-state index contributed by atoms with van der Waals surface area (Å²) in [5.74, 6) is -0.531. The summed E-state index contributed by atoms with van der Waals surface area (Å²) in [5.41, 5.74) is 5.65. The summed E-state index contributed by atoms with van der Waals surface area (Å²) < 4.78 is 15.1. The molecule has 1 aromatic heterocycles. The zero-order valence-corrected chi connectivity index (χ0v) is 10.1. The smallest absolute Gasteiger partial charge is 0.255 e. The molecule has 0 saturated heterocycles. The summed E-state index contributed by atoms with van der Waals surface area (Å²) in [5, 5.41) is 2.50. The van der Waals surface area contributed by atoms with Gasteiger partial charge in [-0.15, -0.1) is 0 Å². The molecule has 0 radical (unpaired) electrons. The van der Waals surface area contributed by atoms with Crippen LogP contribution in [0.4, 0.5) is 10.1 Å². The predicted octanol–water partition coefficient (Wildman–Crippen LogP) is 1.63. The van der Waals surface area contributed by atoms with Crippen molar-refractivity contribution in [2.45, 2.75) is 0 Å². The van der Waals surface area contributed by atoms with Gasteiger partial charge < -0.3 is 11.1 Å². The van der Waals surface area contributed by atoms with Crippen LogP contribution in [0.1, 0.15) is 0 Å². The van der Waals surface area contributed by atoms with E-state index in [0.717, 1.165) is 0 Å². The summed E-state index contributed by atoms with van der Waals surface area (Å²) >= 11 is 4.63. The zero-order valence-electron chi connectivity index (χ0n) is 9.26. The molecule has 0 spiro atoms. The maximum absolute atomic E-state index is 13.7. The van der Waals surface area contributed by atoms with Gasteiger partial charge in [0.2, 0.25) is 0 Å². The average Bonchev–Trinajstić information content (AvgIpc) is 2.32. The molecule has 6 heteroatoms. The van der Waals surface area contributed by atoms with Gasteiger partial charge in [-0.25, -0.2) is 4.39 Å². The molecule has 0 amide bonds. The fourth-order valence-electron chi connectivity index (χ4n) is 1.53. The second-order valence-corrected chi connectivity index (χ2v) is 4.00. The predicted molar refractivity (Wildman–Crippen MR) is 72.4 cm³/mol. The van der Waals surface area contributed by atoms with Crippen molar-refractivity contribution in [2.24, 2.45) is 5.73 Å². The van der Waals surface area contributed by atoms with Gasteiger partial charge in [0.15, 0.2) is 5.11 Å². The van der Waals surface area contributed by atoms with Crippen molar-refractivity contribution in [3.05, 3.63) is 58.8 Å². The number of pyridine rings is 1. The highest BCUT2D eigenvalue weighted by Gasteiger charge is 2.05. The molecule has 0 fully saturated rings. The maximum atomic E-state index is 13.7. The lowest BCUT2D eigenvalue weighted by Crippen LogP contribution is -2.20. The van der Waals surface area contributed by atoms with Crippen LogP contribution in [-0.2, 0) is 0 Å². The molecule has 2 rings (SSSR count). The first kappa shape index (κ1) is 12.3. The Balaban J connectivity index is 2.44. The molecule has 0 aliphatic rings. The molecule has 0 aliphatic carbocycles. The Kier molecular flexibility index (Phi) is 3.38. The molecule has 0 bridgehead atoms. The number of hydrogen-bond acceptors (Lipinski definition) is 2. The molecule has 4 nitrogen and oxygen atoms in total. The topological polar surface area (TPSA) is 60.0 Å². The molecule has 18 heavy (non-hydrogen) atoms. The molecule has 0 saturated carbocycles. The van der Waals surface area contributed by atoms with Crippen molar-refractivity contribution in [2.75, 3.05) is 5.32 Å². The summed E-state index contributed by atoms with van der Waals surface area (Å²) in [4.78, 5) is 11.6. The number of nitrogens with two attached hydrogens (primary N) is 1. The highest BCUT2D eigenvalue weighted by atomic mass is 32.1. The number of anilines is 1. The quantitative estimate of drug-likeness (QED) is 0.809.